The number of ether oxygens (including phenoxy) is 1. The fourth-order valence-corrected chi connectivity index (χ4v) is 4.58. The van der Waals surface area contributed by atoms with E-state index in [9.17, 15) is 19.7 Å². The Morgan fingerprint density at radius 3 is 2.57 bits per heavy atom. The standard InChI is InChI=1S/C24H25N5O5S/c1-34-21-7-5-17(6-8-21)24-26-19(16-35-24)15-27-9-11-28(12-10-27)22(30)14-25-23(31)18-3-2-4-20(13-18)29(32)33/h2-8,13,16H,9-12,14-15H2,1H3,(H,25,31). The summed E-state index contributed by atoms with van der Waals surface area (Å²) in [6, 6.07) is 13.2. The number of non-ortho nitro benzene ring substituents is 1. The Morgan fingerprint density at radius 2 is 1.89 bits per heavy atom. The van der Waals surface area contributed by atoms with Crippen LogP contribution in [0.3, 0.4) is 0 Å². The van der Waals surface area contributed by atoms with E-state index in [2.05, 4.69) is 15.6 Å². The van der Waals surface area contributed by atoms with Gasteiger partial charge in [0.25, 0.3) is 11.6 Å². The van der Waals surface area contributed by atoms with Gasteiger partial charge in [-0.3, -0.25) is 24.6 Å². The van der Waals surface area contributed by atoms with Crippen molar-refractivity contribution in [3.63, 3.8) is 0 Å². The van der Waals surface area contributed by atoms with Gasteiger partial charge in [-0.25, -0.2) is 4.98 Å². The first-order valence-corrected chi connectivity index (χ1v) is 11.9. The monoisotopic (exact) mass is 495 g/mol. The third kappa shape index (κ3) is 6.19. The lowest BCUT2D eigenvalue weighted by atomic mass is 10.2. The highest BCUT2D eigenvalue weighted by atomic mass is 32.1. The third-order valence-electron chi connectivity index (χ3n) is 5.72. The number of hydrogen-bond donors (Lipinski definition) is 1. The first kappa shape index (κ1) is 24.3. The van der Waals surface area contributed by atoms with E-state index in [-0.39, 0.29) is 23.7 Å². The van der Waals surface area contributed by atoms with Gasteiger partial charge in [-0.05, 0) is 30.3 Å². The average Bonchev–Trinajstić information content (AvgIpc) is 3.36. The van der Waals surface area contributed by atoms with E-state index in [1.165, 1.54) is 24.3 Å². The second kappa shape index (κ2) is 11.1. The summed E-state index contributed by atoms with van der Waals surface area (Å²) in [6.07, 6.45) is 0. The zero-order valence-corrected chi connectivity index (χ0v) is 20.0. The van der Waals surface area contributed by atoms with Gasteiger partial charge >= 0.3 is 0 Å². The topological polar surface area (TPSA) is 118 Å². The van der Waals surface area contributed by atoms with Crippen LogP contribution >= 0.6 is 11.3 Å². The van der Waals surface area contributed by atoms with Crippen LogP contribution in [0, 0.1) is 10.1 Å². The van der Waals surface area contributed by atoms with Crippen LogP contribution in [0.1, 0.15) is 16.1 Å². The van der Waals surface area contributed by atoms with Crippen molar-refractivity contribution >= 4 is 28.8 Å². The van der Waals surface area contributed by atoms with Crippen molar-refractivity contribution < 1.29 is 19.2 Å². The SMILES string of the molecule is COc1ccc(-c2nc(CN3CCN(C(=O)CNC(=O)c4cccc([N+](=O)[O-])c4)CC3)cs2)cc1. The quantitative estimate of drug-likeness (QED) is 0.377. The number of piperazine rings is 1. The predicted molar refractivity (Wildman–Crippen MR) is 131 cm³/mol. The number of rotatable bonds is 8. The molecular formula is C24H25N5O5S. The molecule has 3 aromatic rings. The molecule has 182 valence electrons. The molecule has 0 radical (unpaired) electrons. The lowest BCUT2D eigenvalue weighted by molar-refractivity contribution is -0.384. The van der Waals surface area contributed by atoms with Gasteiger partial charge in [-0.15, -0.1) is 11.3 Å². The van der Waals surface area contributed by atoms with E-state index in [4.69, 9.17) is 9.72 Å². The van der Waals surface area contributed by atoms with E-state index in [1.807, 2.05) is 24.3 Å². The number of methoxy groups -OCH3 is 1. The summed E-state index contributed by atoms with van der Waals surface area (Å²) in [4.78, 5) is 43.8. The third-order valence-corrected chi connectivity index (χ3v) is 6.66. The van der Waals surface area contributed by atoms with Gasteiger partial charge in [0.2, 0.25) is 5.91 Å². The first-order chi connectivity index (χ1) is 16.9. The Bertz CT molecular complexity index is 1210. The van der Waals surface area contributed by atoms with Crippen LogP contribution in [0.25, 0.3) is 10.6 Å². The Morgan fingerprint density at radius 1 is 1.14 bits per heavy atom. The minimum absolute atomic E-state index is 0.147. The van der Waals surface area contributed by atoms with Gasteiger partial charge in [0.15, 0.2) is 0 Å². The molecule has 0 atom stereocenters. The maximum atomic E-state index is 12.5. The number of thiazole rings is 1. The molecule has 0 bridgehead atoms. The van der Waals surface area contributed by atoms with Gasteiger partial charge in [0.05, 0.1) is 24.3 Å². The number of nitro groups is 1. The molecule has 0 spiro atoms. The van der Waals surface area contributed by atoms with Crippen LogP contribution in [-0.2, 0) is 11.3 Å². The zero-order chi connectivity index (χ0) is 24.8. The summed E-state index contributed by atoms with van der Waals surface area (Å²) in [5.74, 6) is 0.109. The molecule has 4 rings (SSSR count). The highest BCUT2D eigenvalue weighted by Crippen LogP contribution is 2.26. The van der Waals surface area contributed by atoms with Crippen molar-refractivity contribution in [2.75, 3.05) is 39.8 Å². The van der Waals surface area contributed by atoms with Gasteiger partial charge in [0.1, 0.15) is 10.8 Å². The fraction of sp³-hybridized carbons (Fsp3) is 0.292. The van der Waals surface area contributed by atoms with E-state index in [0.717, 1.165) is 22.0 Å². The molecule has 11 heteroatoms. The number of benzene rings is 2. The zero-order valence-electron chi connectivity index (χ0n) is 19.2. The normalized spacial score (nSPS) is 13.9. The predicted octanol–water partition coefficient (Wildman–Crippen LogP) is 2.80. The molecule has 2 heterocycles. The maximum absolute atomic E-state index is 12.5. The van der Waals surface area contributed by atoms with Crippen molar-refractivity contribution in [3.8, 4) is 16.3 Å². The van der Waals surface area contributed by atoms with Crippen molar-refractivity contribution in [1.29, 1.82) is 0 Å². The van der Waals surface area contributed by atoms with Gasteiger partial charge in [-0.2, -0.15) is 0 Å². The maximum Gasteiger partial charge on any atom is 0.270 e. The number of aromatic nitrogens is 1. The molecule has 1 fully saturated rings. The molecule has 0 saturated carbocycles. The summed E-state index contributed by atoms with van der Waals surface area (Å²) in [6.45, 7) is 3.08. The van der Waals surface area contributed by atoms with Crippen LogP contribution in [0.2, 0.25) is 0 Å². The van der Waals surface area contributed by atoms with E-state index < -0.39 is 10.8 Å². The minimum atomic E-state index is -0.563. The average molecular weight is 496 g/mol. The first-order valence-electron chi connectivity index (χ1n) is 11.0. The molecule has 1 aliphatic heterocycles. The highest BCUT2D eigenvalue weighted by molar-refractivity contribution is 7.13. The van der Waals surface area contributed by atoms with Crippen LogP contribution in [0.5, 0.6) is 5.75 Å². The Balaban J connectivity index is 1.23. The van der Waals surface area contributed by atoms with Crippen molar-refractivity contribution in [1.82, 2.24) is 20.1 Å². The Labute approximate surface area is 206 Å². The summed E-state index contributed by atoms with van der Waals surface area (Å²) >= 11 is 1.60. The lowest BCUT2D eigenvalue weighted by Crippen LogP contribution is -2.50. The van der Waals surface area contributed by atoms with Crippen LogP contribution < -0.4 is 10.1 Å². The van der Waals surface area contributed by atoms with E-state index in [0.29, 0.717) is 32.7 Å². The number of carbonyl (C=O) groups is 2. The molecular weight excluding hydrogens is 470 g/mol. The molecule has 0 aliphatic carbocycles. The summed E-state index contributed by atoms with van der Waals surface area (Å²) in [5, 5.41) is 16.4. The molecule has 35 heavy (non-hydrogen) atoms. The van der Waals surface area contributed by atoms with Crippen LogP contribution in [0.4, 0.5) is 5.69 Å². The second-order valence-electron chi connectivity index (χ2n) is 8.02. The van der Waals surface area contributed by atoms with Crippen LogP contribution in [-0.4, -0.2) is 71.4 Å². The van der Waals surface area contributed by atoms with E-state index in [1.54, 1.807) is 23.3 Å². The molecule has 1 aromatic heterocycles. The number of nitrogens with zero attached hydrogens (tertiary/aromatic N) is 4. The molecule has 1 saturated heterocycles. The molecule has 0 unspecified atom stereocenters. The molecule has 2 aromatic carbocycles. The van der Waals surface area contributed by atoms with E-state index >= 15 is 0 Å². The molecule has 1 aliphatic rings. The van der Waals surface area contributed by atoms with Crippen molar-refractivity contribution in [2.45, 2.75) is 6.54 Å². The van der Waals surface area contributed by atoms with Crippen molar-refractivity contribution in [2.24, 2.45) is 0 Å². The van der Waals surface area contributed by atoms with Gasteiger partial charge in [0, 0.05) is 61.4 Å². The lowest BCUT2D eigenvalue weighted by Gasteiger charge is -2.34. The summed E-state index contributed by atoms with van der Waals surface area (Å²) in [5.41, 5.74) is 2.01. The highest BCUT2D eigenvalue weighted by Gasteiger charge is 2.22. The largest absolute Gasteiger partial charge is 0.497 e. The van der Waals surface area contributed by atoms with Crippen molar-refractivity contribution in [3.05, 3.63) is 75.3 Å². The summed E-state index contributed by atoms with van der Waals surface area (Å²) in [7, 11) is 1.64. The van der Waals surface area contributed by atoms with Crippen LogP contribution in [0.15, 0.2) is 53.9 Å². The fourth-order valence-electron chi connectivity index (χ4n) is 3.76. The number of amides is 2. The number of hydrogen-bond acceptors (Lipinski definition) is 8. The smallest absolute Gasteiger partial charge is 0.270 e. The molecule has 10 nitrogen and oxygen atoms in total. The number of carbonyl (C=O) groups excluding carboxylic acids is 2. The molecule has 2 amide bonds. The second-order valence-corrected chi connectivity index (χ2v) is 8.88. The number of nitrogens with one attached hydrogen (secondary N) is 1. The summed E-state index contributed by atoms with van der Waals surface area (Å²) < 4.78 is 5.20. The van der Waals surface area contributed by atoms with Gasteiger partial charge in [-0.1, -0.05) is 6.07 Å². The minimum Gasteiger partial charge on any atom is -0.497 e. The Hall–Kier alpha value is -3.83. The number of nitro benzene ring substituents is 1. The molecule has 1 N–H and O–H groups in total. The Kier molecular flexibility index (Phi) is 7.68. The van der Waals surface area contributed by atoms with Gasteiger partial charge < -0.3 is 15.0 Å².